The molecule has 1 heterocycles. The Labute approximate surface area is 78.3 Å². The van der Waals surface area contributed by atoms with Crippen LogP contribution in [0.15, 0.2) is 22.8 Å². The van der Waals surface area contributed by atoms with Crippen LogP contribution in [0, 0.1) is 5.92 Å². The van der Waals surface area contributed by atoms with Crippen molar-refractivity contribution in [2.24, 2.45) is 11.7 Å². The molecule has 1 aliphatic carbocycles. The maximum absolute atomic E-state index is 5.69. The lowest BCUT2D eigenvalue weighted by atomic mass is 9.81. The molecule has 0 saturated heterocycles. The number of hydrogen-bond acceptors (Lipinski definition) is 3. The Morgan fingerprint density at radius 2 is 2.38 bits per heavy atom. The van der Waals surface area contributed by atoms with Crippen molar-refractivity contribution >= 4 is 0 Å². The Balaban J connectivity index is 1.59. The van der Waals surface area contributed by atoms with Crippen LogP contribution in [-0.2, 0) is 6.54 Å². The Morgan fingerprint density at radius 3 is 3.00 bits per heavy atom. The van der Waals surface area contributed by atoms with Crippen LogP contribution >= 0.6 is 0 Å². The average molecular weight is 180 g/mol. The van der Waals surface area contributed by atoms with E-state index < -0.39 is 0 Å². The minimum atomic E-state index is 0.454. The van der Waals surface area contributed by atoms with Crippen molar-refractivity contribution < 1.29 is 4.42 Å². The third-order valence-electron chi connectivity index (χ3n) is 2.58. The molecule has 1 aromatic heterocycles. The van der Waals surface area contributed by atoms with Crippen molar-refractivity contribution in [2.45, 2.75) is 25.4 Å². The smallest absolute Gasteiger partial charge is 0.117 e. The second-order valence-electron chi connectivity index (χ2n) is 3.81. The summed E-state index contributed by atoms with van der Waals surface area (Å²) in [5.41, 5.74) is 5.69. The lowest BCUT2D eigenvalue weighted by Crippen LogP contribution is -2.41. The van der Waals surface area contributed by atoms with Crippen LogP contribution in [0.3, 0.4) is 0 Å². The fraction of sp³-hybridized carbons (Fsp3) is 0.600. The summed E-state index contributed by atoms with van der Waals surface area (Å²) in [6.45, 7) is 1.90. The molecule has 0 aromatic carbocycles. The van der Waals surface area contributed by atoms with Gasteiger partial charge in [-0.2, -0.15) is 0 Å². The van der Waals surface area contributed by atoms with Crippen molar-refractivity contribution in [3.05, 3.63) is 24.2 Å². The van der Waals surface area contributed by atoms with Gasteiger partial charge in [0.25, 0.3) is 0 Å². The molecule has 0 amide bonds. The van der Waals surface area contributed by atoms with Gasteiger partial charge in [0.1, 0.15) is 5.76 Å². The van der Waals surface area contributed by atoms with Gasteiger partial charge in [0.2, 0.25) is 0 Å². The second kappa shape index (κ2) is 3.94. The molecular formula is C10H16N2O. The summed E-state index contributed by atoms with van der Waals surface area (Å²) in [4.78, 5) is 0. The molecule has 2 rings (SSSR count). The monoisotopic (exact) mass is 180 g/mol. The van der Waals surface area contributed by atoms with Gasteiger partial charge in [0.05, 0.1) is 12.8 Å². The Bertz CT molecular complexity index is 239. The Morgan fingerprint density at radius 1 is 1.54 bits per heavy atom. The van der Waals surface area contributed by atoms with Gasteiger partial charge in [-0.15, -0.1) is 0 Å². The van der Waals surface area contributed by atoms with Gasteiger partial charge in [0.15, 0.2) is 0 Å². The van der Waals surface area contributed by atoms with Gasteiger partial charge in [-0.05, 0) is 37.4 Å². The summed E-state index contributed by atoms with van der Waals surface area (Å²) in [7, 11) is 0. The van der Waals surface area contributed by atoms with Gasteiger partial charge >= 0.3 is 0 Å². The van der Waals surface area contributed by atoms with Crippen LogP contribution in [0.25, 0.3) is 0 Å². The molecule has 0 atom stereocenters. The summed E-state index contributed by atoms with van der Waals surface area (Å²) in [5, 5.41) is 3.36. The maximum Gasteiger partial charge on any atom is 0.117 e. The van der Waals surface area contributed by atoms with Crippen LogP contribution in [0.5, 0.6) is 0 Å². The van der Waals surface area contributed by atoms with Gasteiger partial charge in [-0.25, -0.2) is 0 Å². The van der Waals surface area contributed by atoms with Crippen LogP contribution in [0.2, 0.25) is 0 Å². The van der Waals surface area contributed by atoms with E-state index in [0.717, 1.165) is 24.8 Å². The normalized spacial score (nSPS) is 27.2. The molecule has 3 nitrogen and oxygen atoms in total. The molecule has 1 aromatic rings. The lowest BCUT2D eigenvalue weighted by molar-refractivity contribution is 0.254. The molecule has 1 aliphatic rings. The molecule has 0 unspecified atom stereocenters. The van der Waals surface area contributed by atoms with E-state index in [1.165, 1.54) is 12.8 Å². The third kappa shape index (κ3) is 2.32. The minimum absolute atomic E-state index is 0.454. The zero-order valence-corrected chi connectivity index (χ0v) is 7.70. The molecule has 0 spiro atoms. The quantitative estimate of drug-likeness (QED) is 0.729. The Kier molecular flexibility index (Phi) is 2.66. The topological polar surface area (TPSA) is 51.2 Å². The van der Waals surface area contributed by atoms with E-state index in [1.54, 1.807) is 6.26 Å². The highest BCUT2D eigenvalue weighted by molar-refractivity contribution is 4.97. The predicted molar refractivity (Wildman–Crippen MR) is 51.1 cm³/mol. The molecule has 0 bridgehead atoms. The zero-order valence-electron chi connectivity index (χ0n) is 7.70. The highest BCUT2D eigenvalue weighted by atomic mass is 16.3. The van der Waals surface area contributed by atoms with E-state index in [4.69, 9.17) is 10.2 Å². The van der Waals surface area contributed by atoms with Crippen LogP contribution in [-0.4, -0.2) is 12.6 Å². The molecule has 13 heavy (non-hydrogen) atoms. The van der Waals surface area contributed by atoms with Crippen molar-refractivity contribution in [1.29, 1.82) is 0 Å². The highest BCUT2D eigenvalue weighted by Gasteiger charge is 2.24. The number of furan rings is 1. The zero-order chi connectivity index (χ0) is 9.10. The summed E-state index contributed by atoms with van der Waals surface area (Å²) in [6.07, 6.45) is 4.05. The number of rotatable bonds is 4. The van der Waals surface area contributed by atoms with Gasteiger partial charge < -0.3 is 15.5 Å². The van der Waals surface area contributed by atoms with E-state index >= 15 is 0 Å². The molecular weight excluding hydrogens is 164 g/mol. The second-order valence-corrected chi connectivity index (χ2v) is 3.81. The van der Waals surface area contributed by atoms with Gasteiger partial charge in [-0.3, -0.25) is 0 Å². The van der Waals surface area contributed by atoms with Gasteiger partial charge in [-0.1, -0.05) is 0 Å². The first kappa shape index (κ1) is 8.78. The molecule has 0 aliphatic heterocycles. The first-order valence-electron chi connectivity index (χ1n) is 4.83. The number of nitrogens with one attached hydrogen (secondary N) is 1. The fourth-order valence-corrected chi connectivity index (χ4v) is 1.77. The van der Waals surface area contributed by atoms with Gasteiger partial charge in [0, 0.05) is 6.04 Å². The van der Waals surface area contributed by atoms with E-state index in [9.17, 15) is 0 Å². The summed E-state index contributed by atoms with van der Waals surface area (Å²) in [6, 6.07) is 4.35. The average Bonchev–Trinajstić information content (AvgIpc) is 2.53. The molecule has 72 valence electrons. The van der Waals surface area contributed by atoms with Crippen LogP contribution in [0.1, 0.15) is 18.6 Å². The van der Waals surface area contributed by atoms with Crippen molar-refractivity contribution in [1.82, 2.24) is 5.32 Å². The molecule has 0 radical (unpaired) electrons. The molecule has 1 saturated carbocycles. The van der Waals surface area contributed by atoms with E-state index in [0.29, 0.717) is 6.04 Å². The van der Waals surface area contributed by atoms with E-state index in [-0.39, 0.29) is 0 Å². The van der Waals surface area contributed by atoms with Crippen LogP contribution < -0.4 is 11.1 Å². The molecule has 1 fully saturated rings. The fourth-order valence-electron chi connectivity index (χ4n) is 1.77. The van der Waals surface area contributed by atoms with Crippen LogP contribution in [0.4, 0.5) is 0 Å². The van der Waals surface area contributed by atoms with Crippen molar-refractivity contribution in [2.75, 3.05) is 6.54 Å². The van der Waals surface area contributed by atoms with Crippen molar-refractivity contribution in [3.63, 3.8) is 0 Å². The van der Waals surface area contributed by atoms with E-state index in [2.05, 4.69) is 5.32 Å². The minimum Gasteiger partial charge on any atom is -0.468 e. The Hall–Kier alpha value is -0.800. The first-order chi connectivity index (χ1) is 6.34. The standard InChI is InChI=1S/C10H16N2O/c11-9-4-8(5-9)6-12-7-10-2-1-3-13-10/h1-3,8-9,12H,4-7,11H2. The SMILES string of the molecule is NC1CC(CNCc2ccco2)C1. The number of hydrogen-bond donors (Lipinski definition) is 2. The predicted octanol–water partition coefficient (Wildman–Crippen LogP) is 1.11. The lowest BCUT2D eigenvalue weighted by Gasteiger charge is -2.32. The summed E-state index contributed by atoms with van der Waals surface area (Å²) < 4.78 is 5.20. The molecule has 3 heteroatoms. The van der Waals surface area contributed by atoms with E-state index in [1.807, 2.05) is 12.1 Å². The first-order valence-corrected chi connectivity index (χ1v) is 4.83. The van der Waals surface area contributed by atoms with Crippen molar-refractivity contribution in [3.8, 4) is 0 Å². The highest BCUT2D eigenvalue weighted by Crippen LogP contribution is 2.24. The largest absolute Gasteiger partial charge is 0.468 e. The third-order valence-corrected chi connectivity index (χ3v) is 2.58. The maximum atomic E-state index is 5.69. The number of nitrogens with two attached hydrogens (primary N) is 1. The summed E-state index contributed by atoms with van der Waals surface area (Å²) >= 11 is 0. The summed E-state index contributed by atoms with van der Waals surface area (Å²) in [5.74, 6) is 1.79. The molecule has 3 N–H and O–H groups in total.